The van der Waals surface area contributed by atoms with Gasteiger partial charge in [0.15, 0.2) is 6.04 Å². The van der Waals surface area contributed by atoms with Gasteiger partial charge in [-0.3, -0.25) is 9.48 Å². The van der Waals surface area contributed by atoms with E-state index < -0.39 is 23.7 Å². The average Bonchev–Trinajstić information content (AvgIpc) is 3.04. The molecule has 1 unspecified atom stereocenters. The molecule has 3 rings (SSSR count). The molecule has 0 saturated carbocycles. The maximum absolute atomic E-state index is 13.5. The fraction of sp³-hybridized carbons (Fsp3) is 0.421. The Kier molecular flexibility index (Phi) is 5.55. The molecule has 144 valence electrons. The zero-order valence-corrected chi connectivity index (χ0v) is 15.2. The van der Waals surface area contributed by atoms with Gasteiger partial charge in [0.05, 0.1) is 17.8 Å². The molecule has 1 fully saturated rings. The third-order valence-corrected chi connectivity index (χ3v) is 4.86. The van der Waals surface area contributed by atoms with Crippen molar-refractivity contribution in [3.05, 3.63) is 52.6 Å². The summed E-state index contributed by atoms with van der Waals surface area (Å²) in [5, 5.41) is 16.3. The van der Waals surface area contributed by atoms with Gasteiger partial charge in [0.2, 0.25) is 0 Å². The summed E-state index contributed by atoms with van der Waals surface area (Å²) >= 11 is 0. The molecule has 1 aromatic heterocycles. The number of benzene rings is 1. The first-order chi connectivity index (χ1) is 12.9. The molecule has 1 amide bonds. The Balaban J connectivity index is 1.81. The van der Waals surface area contributed by atoms with Crippen LogP contribution < -0.4 is 5.32 Å². The van der Waals surface area contributed by atoms with E-state index in [0.29, 0.717) is 35.6 Å². The molecule has 0 aliphatic carbocycles. The molecule has 1 atom stereocenters. The van der Waals surface area contributed by atoms with Gasteiger partial charge in [0.25, 0.3) is 5.91 Å². The van der Waals surface area contributed by atoms with Gasteiger partial charge < -0.3 is 15.2 Å². The number of halogens is 1. The van der Waals surface area contributed by atoms with Crippen LogP contribution in [0.5, 0.6) is 0 Å². The normalized spacial score (nSPS) is 16.1. The first-order valence-corrected chi connectivity index (χ1v) is 8.80. The molecule has 1 aromatic carbocycles. The van der Waals surface area contributed by atoms with Gasteiger partial charge >= 0.3 is 5.97 Å². The number of carbonyl (C=O) groups is 2. The van der Waals surface area contributed by atoms with Crippen LogP contribution in [0.3, 0.4) is 0 Å². The van der Waals surface area contributed by atoms with Crippen molar-refractivity contribution in [2.75, 3.05) is 13.2 Å². The minimum absolute atomic E-state index is 0.162. The third kappa shape index (κ3) is 4.00. The number of aliphatic carboxylic acids is 1. The lowest BCUT2D eigenvalue weighted by molar-refractivity contribution is -0.139. The summed E-state index contributed by atoms with van der Waals surface area (Å²) in [5.74, 6) is -2.17. The topological polar surface area (TPSA) is 93.5 Å². The number of aryl methyl sites for hydroxylation is 1. The van der Waals surface area contributed by atoms with Crippen LogP contribution in [0.15, 0.2) is 24.4 Å². The maximum atomic E-state index is 13.5. The van der Waals surface area contributed by atoms with Crippen LogP contribution in [0.25, 0.3) is 0 Å². The van der Waals surface area contributed by atoms with Crippen LogP contribution in [-0.4, -0.2) is 40.0 Å². The molecule has 27 heavy (non-hydrogen) atoms. The lowest BCUT2D eigenvalue weighted by atomic mass is 10.0. The van der Waals surface area contributed by atoms with Crippen LogP contribution >= 0.6 is 0 Å². The summed E-state index contributed by atoms with van der Waals surface area (Å²) in [4.78, 5) is 24.3. The van der Waals surface area contributed by atoms with Crippen LogP contribution in [0, 0.1) is 19.7 Å². The summed E-state index contributed by atoms with van der Waals surface area (Å²) in [7, 11) is 0. The van der Waals surface area contributed by atoms with Crippen molar-refractivity contribution in [2.24, 2.45) is 0 Å². The van der Waals surface area contributed by atoms with Crippen molar-refractivity contribution in [3.8, 4) is 0 Å². The van der Waals surface area contributed by atoms with Gasteiger partial charge in [0, 0.05) is 18.9 Å². The molecule has 7 nitrogen and oxygen atoms in total. The van der Waals surface area contributed by atoms with Crippen molar-refractivity contribution in [3.63, 3.8) is 0 Å². The minimum atomic E-state index is -1.28. The summed E-state index contributed by atoms with van der Waals surface area (Å²) in [6.45, 7) is 4.63. The van der Waals surface area contributed by atoms with Gasteiger partial charge in [-0.05, 0) is 43.9 Å². The molecule has 0 bridgehead atoms. The Morgan fingerprint density at radius 3 is 2.67 bits per heavy atom. The number of nitrogens with zero attached hydrogens (tertiary/aromatic N) is 2. The molecule has 1 aliphatic rings. The Morgan fingerprint density at radius 1 is 1.33 bits per heavy atom. The predicted molar refractivity (Wildman–Crippen MR) is 95.0 cm³/mol. The number of aromatic nitrogens is 2. The maximum Gasteiger partial charge on any atom is 0.330 e. The molecule has 2 N–H and O–H groups in total. The van der Waals surface area contributed by atoms with Gasteiger partial charge in [0.1, 0.15) is 5.82 Å². The van der Waals surface area contributed by atoms with E-state index in [1.54, 1.807) is 18.5 Å². The van der Waals surface area contributed by atoms with Crippen molar-refractivity contribution in [2.45, 2.75) is 38.8 Å². The highest BCUT2D eigenvalue weighted by Crippen LogP contribution is 2.24. The van der Waals surface area contributed by atoms with Crippen LogP contribution in [0.1, 0.15) is 52.1 Å². The molecule has 8 heteroatoms. The number of ether oxygens (including phenoxy) is 1. The van der Waals surface area contributed by atoms with E-state index >= 15 is 0 Å². The van der Waals surface area contributed by atoms with Crippen molar-refractivity contribution in [1.82, 2.24) is 15.1 Å². The second-order valence-electron chi connectivity index (χ2n) is 6.69. The number of hydrogen-bond donors (Lipinski definition) is 2. The highest BCUT2D eigenvalue weighted by Gasteiger charge is 2.26. The van der Waals surface area contributed by atoms with E-state index in [9.17, 15) is 19.1 Å². The molecule has 2 aromatic rings. The number of amides is 1. The molecule has 1 saturated heterocycles. The number of carboxylic acids is 1. The second-order valence-corrected chi connectivity index (χ2v) is 6.69. The average molecular weight is 375 g/mol. The van der Waals surface area contributed by atoms with Gasteiger partial charge in [-0.15, -0.1) is 0 Å². The van der Waals surface area contributed by atoms with Crippen molar-refractivity contribution < 1.29 is 23.8 Å². The number of nitrogens with one attached hydrogen (secondary N) is 1. The van der Waals surface area contributed by atoms with Crippen LogP contribution in [0.2, 0.25) is 0 Å². The van der Waals surface area contributed by atoms with Crippen molar-refractivity contribution >= 4 is 11.9 Å². The Morgan fingerprint density at radius 2 is 2.04 bits per heavy atom. The Hall–Kier alpha value is -2.74. The first kappa shape index (κ1) is 19.0. The highest BCUT2D eigenvalue weighted by molar-refractivity contribution is 5.97. The summed E-state index contributed by atoms with van der Waals surface area (Å²) in [6.07, 6.45) is 3.08. The number of carboxylic acid groups (broad SMARTS) is 1. The zero-order chi connectivity index (χ0) is 19.6. The quantitative estimate of drug-likeness (QED) is 0.838. The molecular formula is C19H22FN3O4. The van der Waals surface area contributed by atoms with E-state index in [1.807, 2.05) is 0 Å². The van der Waals surface area contributed by atoms with Gasteiger partial charge in [-0.25, -0.2) is 9.18 Å². The third-order valence-electron chi connectivity index (χ3n) is 4.86. The monoisotopic (exact) mass is 375 g/mol. The van der Waals surface area contributed by atoms with E-state index in [4.69, 9.17) is 4.74 Å². The summed E-state index contributed by atoms with van der Waals surface area (Å²) in [5.41, 5.74) is 1.63. The highest BCUT2D eigenvalue weighted by atomic mass is 19.1. The Bertz CT molecular complexity index is 859. The standard InChI is InChI=1S/C19H22FN3O4/c1-11-9-13(3-4-16(11)20)17(19(25)26)22-18(24)15-10-21-23(12(15)2)14-5-7-27-8-6-14/h3-4,9-10,14,17H,5-8H2,1-2H3,(H,22,24)(H,25,26). The van der Waals surface area contributed by atoms with Crippen LogP contribution in [0.4, 0.5) is 4.39 Å². The molecule has 0 radical (unpaired) electrons. The molecule has 0 spiro atoms. The SMILES string of the molecule is Cc1cc(C(NC(=O)c2cnn(C3CCOCC3)c2C)C(=O)O)ccc1F. The lowest BCUT2D eigenvalue weighted by Crippen LogP contribution is -2.34. The number of rotatable bonds is 5. The lowest BCUT2D eigenvalue weighted by Gasteiger charge is -2.23. The van der Waals surface area contributed by atoms with E-state index in [2.05, 4.69) is 10.4 Å². The minimum Gasteiger partial charge on any atom is -0.479 e. The molecule has 1 aliphatic heterocycles. The van der Waals surface area contributed by atoms with Crippen LogP contribution in [-0.2, 0) is 9.53 Å². The number of hydrogen-bond acceptors (Lipinski definition) is 4. The smallest absolute Gasteiger partial charge is 0.330 e. The molecule has 2 heterocycles. The summed E-state index contributed by atoms with van der Waals surface area (Å²) < 4.78 is 20.6. The Labute approximate surface area is 156 Å². The van der Waals surface area contributed by atoms with Crippen molar-refractivity contribution in [1.29, 1.82) is 0 Å². The van der Waals surface area contributed by atoms with Gasteiger partial charge in [-0.2, -0.15) is 5.10 Å². The predicted octanol–water partition coefficient (Wildman–Crippen LogP) is 2.55. The fourth-order valence-corrected chi connectivity index (χ4v) is 3.29. The molecular weight excluding hydrogens is 353 g/mol. The summed E-state index contributed by atoms with van der Waals surface area (Å²) in [6, 6.07) is 2.87. The van der Waals surface area contributed by atoms with E-state index in [-0.39, 0.29) is 6.04 Å². The second kappa shape index (κ2) is 7.87. The first-order valence-electron chi connectivity index (χ1n) is 8.80. The zero-order valence-electron chi connectivity index (χ0n) is 15.2. The number of carbonyl (C=O) groups excluding carboxylic acids is 1. The van der Waals surface area contributed by atoms with E-state index in [1.165, 1.54) is 24.4 Å². The van der Waals surface area contributed by atoms with Gasteiger partial charge in [-0.1, -0.05) is 12.1 Å². The van der Waals surface area contributed by atoms with E-state index in [0.717, 1.165) is 12.8 Å². The largest absolute Gasteiger partial charge is 0.479 e. The fourth-order valence-electron chi connectivity index (χ4n) is 3.29.